The van der Waals surface area contributed by atoms with Gasteiger partial charge in [0, 0.05) is 10.8 Å². The van der Waals surface area contributed by atoms with Crippen LogP contribution in [0.3, 0.4) is 0 Å². The minimum absolute atomic E-state index is 0.181. The first-order valence-corrected chi connectivity index (χ1v) is 14.1. The smallest absolute Gasteiger partial charge is 0.136 e. The first-order valence-electron chi connectivity index (χ1n) is 18.1. The molecule has 1 nitrogen and oxygen atoms in total. The molecule has 9 rings (SSSR count). The highest BCUT2D eigenvalue weighted by Gasteiger charge is 2.19. The second-order valence-corrected chi connectivity index (χ2v) is 10.6. The van der Waals surface area contributed by atoms with Gasteiger partial charge in [0.2, 0.25) is 0 Å². The second-order valence-electron chi connectivity index (χ2n) is 10.6. The van der Waals surface area contributed by atoms with Crippen molar-refractivity contribution in [1.82, 2.24) is 0 Å². The van der Waals surface area contributed by atoms with Crippen LogP contribution in [0.25, 0.3) is 87.6 Å². The normalized spacial score (nSPS) is 14.3. The van der Waals surface area contributed by atoms with E-state index in [1.54, 1.807) is 30.3 Å². The Kier molecular flexibility index (Phi) is 3.80. The van der Waals surface area contributed by atoms with Gasteiger partial charge < -0.3 is 4.42 Å². The summed E-state index contributed by atoms with van der Waals surface area (Å²) >= 11 is 0. The SMILES string of the molecule is [2H]c1c([2H])c([2H])c2c(-c3ccc4oc5cc(-c6ccccc6)c6ccccc6c5c4c3)c3c([2H])c([2H])c([2H])c([2H])c3c(-c3ccccc3)c2c1[2H]. The molecule has 0 aliphatic heterocycles. The minimum Gasteiger partial charge on any atom is -0.456 e. The summed E-state index contributed by atoms with van der Waals surface area (Å²) in [5, 5.41) is 4.40. The Hall–Kier alpha value is -5.66. The third kappa shape index (κ3) is 3.65. The van der Waals surface area contributed by atoms with Gasteiger partial charge in [-0.1, -0.05) is 139 Å². The van der Waals surface area contributed by atoms with Gasteiger partial charge in [-0.3, -0.25) is 0 Å². The summed E-state index contributed by atoms with van der Waals surface area (Å²) in [6.45, 7) is 0. The Morgan fingerprint density at radius 3 is 1.56 bits per heavy atom. The first kappa shape index (κ1) is 17.3. The van der Waals surface area contributed by atoms with Gasteiger partial charge >= 0.3 is 0 Å². The number of benzene rings is 8. The number of fused-ring (bicyclic) bond motifs is 7. The van der Waals surface area contributed by atoms with Crippen molar-refractivity contribution in [2.75, 3.05) is 0 Å². The molecule has 0 aliphatic rings. The maximum absolute atomic E-state index is 9.25. The van der Waals surface area contributed by atoms with E-state index in [0.717, 1.165) is 32.7 Å². The Balaban J connectivity index is 1.49. The molecule has 0 aliphatic carbocycles. The van der Waals surface area contributed by atoms with Gasteiger partial charge in [-0.25, -0.2) is 0 Å². The van der Waals surface area contributed by atoms with Crippen LogP contribution in [0.1, 0.15) is 11.0 Å². The molecular weight excluding hydrogens is 520 g/mol. The summed E-state index contributed by atoms with van der Waals surface area (Å²) in [6, 6.07) is 31.9. The average Bonchev–Trinajstić information content (AvgIpc) is 3.55. The van der Waals surface area contributed by atoms with Gasteiger partial charge in [-0.2, -0.15) is 0 Å². The van der Waals surface area contributed by atoms with Gasteiger partial charge in [0.1, 0.15) is 11.2 Å². The zero-order valence-electron chi connectivity index (χ0n) is 30.8. The molecule has 0 saturated carbocycles. The number of furan rings is 1. The van der Waals surface area contributed by atoms with E-state index in [2.05, 4.69) is 24.3 Å². The summed E-state index contributed by atoms with van der Waals surface area (Å²) in [5.74, 6) is 0. The average molecular weight is 555 g/mol. The third-order valence-electron chi connectivity index (χ3n) is 8.29. The van der Waals surface area contributed by atoms with E-state index in [4.69, 9.17) is 12.6 Å². The van der Waals surface area contributed by atoms with Crippen LogP contribution in [0, 0.1) is 0 Å². The Labute approximate surface area is 260 Å². The van der Waals surface area contributed by atoms with Gasteiger partial charge in [0.15, 0.2) is 0 Å². The molecule has 0 saturated heterocycles. The van der Waals surface area contributed by atoms with Crippen LogP contribution in [0.15, 0.2) is 162 Å². The molecule has 1 heteroatoms. The largest absolute Gasteiger partial charge is 0.456 e. The van der Waals surface area contributed by atoms with Crippen LogP contribution in [0.2, 0.25) is 0 Å². The van der Waals surface area contributed by atoms with Gasteiger partial charge in [-0.05, 0) is 83.9 Å². The molecule has 8 aromatic carbocycles. The molecule has 0 bridgehead atoms. The molecule has 0 fully saturated rings. The molecule has 43 heavy (non-hydrogen) atoms. The molecule has 9 aromatic rings. The number of hydrogen-bond donors (Lipinski definition) is 0. The molecular formula is C42H26O. The van der Waals surface area contributed by atoms with Gasteiger partial charge in [-0.15, -0.1) is 0 Å². The lowest BCUT2D eigenvalue weighted by Crippen LogP contribution is -1.90. The molecule has 0 radical (unpaired) electrons. The van der Waals surface area contributed by atoms with Crippen molar-refractivity contribution in [3.05, 3.63) is 158 Å². The van der Waals surface area contributed by atoms with Crippen molar-refractivity contribution in [1.29, 1.82) is 0 Å². The van der Waals surface area contributed by atoms with Crippen LogP contribution >= 0.6 is 0 Å². The summed E-state index contributed by atoms with van der Waals surface area (Å²) in [6.07, 6.45) is 0. The van der Waals surface area contributed by atoms with E-state index in [-0.39, 0.29) is 45.7 Å². The lowest BCUT2D eigenvalue weighted by molar-refractivity contribution is 0.669. The van der Waals surface area contributed by atoms with Crippen molar-refractivity contribution in [2.24, 2.45) is 0 Å². The van der Waals surface area contributed by atoms with Crippen molar-refractivity contribution >= 4 is 54.3 Å². The maximum atomic E-state index is 9.25. The highest BCUT2D eigenvalue weighted by molar-refractivity contribution is 6.25. The predicted molar refractivity (Wildman–Crippen MR) is 183 cm³/mol. The fourth-order valence-electron chi connectivity index (χ4n) is 6.46. The van der Waals surface area contributed by atoms with E-state index in [9.17, 15) is 2.74 Å². The highest BCUT2D eigenvalue weighted by atomic mass is 16.3. The third-order valence-corrected chi connectivity index (χ3v) is 8.29. The molecule has 200 valence electrons. The van der Waals surface area contributed by atoms with E-state index in [1.165, 1.54) is 0 Å². The molecule has 1 heterocycles. The highest BCUT2D eigenvalue weighted by Crippen LogP contribution is 2.46. The van der Waals surface area contributed by atoms with Crippen molar-refractivity contribution < 1.29 is 15.4 Å². The van der Waals surface area contributed by atoms with Crippen LogP contribution in [0.4, 0.5) is 0 Å². The van der Waals surface area contributed by atoms with Crippen LogP contribution < -0.4 is 0 Å². The predicted octanol–water partition coefficient (Wildman–Crippen LogP) is 12.0. The molecule has 0 spiro atoms. The van der Waals surface area contributed by atoms with E-state index < -0.39 is 24.2 Å². The van der Waals surface area contributed by atoms with Crippen LogP contribution in [-0.4, -0.2) is 0 Å². The van der Waals surface area contributed by atoms with Crippen LogP contribution in [-0.2, 0) is 0 Å². The lowest BCUT2D eigenvalue weighted by atomic mass is 9.85. The Morgan fingerprint density at radius 2 is 0.930 bits per heavy atom. The van der Waals surface area contributed by atoms with Crippen molar-refractivity contribution in [3.63, 3.8) is 0 Å². The van der Waals surface area contributed by atoms with Gasteiger partial charge in [0.25, 0.3) is 0 Å². The topological polar surface area (TPSA) is 13.1 Å². The minimum atomic E-state index is -0.428. The first-order chi connectivity index (χ1) is 24.7. The van der Waals surface area contributed by atoms with Gasteiger partial charge in [0.05, 0.1) is 11.0 Å². The fraction of sp³-hybridized carbons (Fsp3) is 0. The molecule has 0 amide bonds. The summed E-state index contributed by atoms with van der Waals surface area (Å²) in [4.78, 5) is 0. The number of hydrogen-bond acceptors (Lipinski definition) is 1. The summed E-state index contributed by atoms with van der Waals surface area (Å²) in [5.41, 5.74) is 5.12. The van der Waals surface area contributed by atoms with Crippen LogP contribution in [0.5, 0.6) is 0 Å². The zero-order valence-corrected chi connectivity index (χ0v) is 22.8. The standard InChI is InChI=1S/C42H26O/c1-3-13-27(14-4-1)36-26-39-42(31-18-8-7-17-30(31)36)37-25-29(23-24-38(37)43-39)41-34-21-11-9-19-32(34)40(28-15-5-2-6-16-28)33-20-10-12-22-35(33)41/h1-26H/i9D,10D,11D,12D,19D,20D,21D,22D. The monoisotopic (exact) mass is 554 g/mol. The molecule has 0 N–H and O–H groups in total. The lowest BCUT2D eigenvalue weighted by Gasteiger charge is -2.17. The summed E-state index contributed by atoms with van der Waals surface area (Å²) in [7, 11) is 0. The van der Waals surface area contributed by atoms with E-state index in [0.29, 0.717) is 33.4 Å². The number of rotatable bonds is 3. The zero-order chi connectivity index (χ0) is 35.3. The molecule has 1 aromatic heterocycles. The van der Waals surface area contributed by atoms with E-state index >= 15 is 0 Å². The quantitative estimate of drug-likeness (QED) is 0.198. The second kappa shape index (κ2) is 9.44. The Bertz CT molecular complexity index is 2850. The Morgan fingerprint density at radius 1 is 0.395 bits per heavy atom. The molecule has 0 atom stereocenters. The van der Waals surface area contributed by atoms with Crippen molar-refractivity contribution in [2.45, 2.75) is 0 Å². The van der Waals surface area contributed by atoms with E-state index in [1.807, 2.05) is 54.6 Å². The maximum Gasteiger partial charge on any atom is 0.136 e. The fourth-order valence-corrected chi connectivity index (χ4v) is 6.46. The molecule has 0 unspecified atom stereocenters. The summed E-state index contributed by atoms with van der Waals surface area (Å²) < 4.78 is 78.1. The van der Waals surface area contributed by atoms with Crippen molar-refractivity contribution in [3.8, 4) is 33.4 Å².